The zero-order chi connectivity index (χ0) is 19.2. The molecule has 3 rings (SSSR count). The van der Waals surface area contributed by atoms with Crippen LogP contribution in [0.1, 0.15) is 33.6 Å². The van der Waals surface area contributed by atoms with Gasteiger partial charge in [0.05, 0.1) is 22.3 Å². The number of hydrogen-bond donors (Lipinski definition) is 2. The minimum atomic E-state index is -0.532. The molecule has 0 bridgehead atoms. The predicted octanol–water partition coefficient (Wildman–Crippen LogP) is 2.76. The van der Waals surface area contributed by atoms with Crippen molar-refractivity contribution in [2.45, 2.75) is 18.9 Å². The summed E-state index contributed by atoms with van der Waals surface area (Å²) in [5.41, 5.74) is 0.868. The number of anilines is 1. The van der Waals surface area contributed by atoms with Gasteiger partial charge in [-0.05, 0) is 37.1 Å². The van der Waals surface area contributed by atoms with Crippen molar-refractivity contribution in [3.8, 4) is 0 Å². The van der Waals surface area contributed by atoms with Gasteiger partial charge in [-0.3, -0.25) is 19.7 Å². The highest BCUT2D eigenvalue weighted by molar-refractivity contribution is 6.09. The Morgan fingerprint density at radius 1 is 1.11 bits per heavy atom. The average Bonchev–Trinajstić information content (AvgIpc) is 3.20. The monoisotopic (exact) mass is 369 g/mol. The van der Waals surface area contributed by atoms with E-state index in [0.717, 1.165) is 12.8 Å². The average molecular weight is 369 g/mol. The zero-order valence-corrected chi connectivity index (χ0v) is 14.5. The molecule has 1 heterocycles. The fourth-order valence-electron chi connectivity index (χ4n) is 2.83. The topological polar surface area (TPSA) is 111 Å². The SMILES string of the molecule is O=C(Nc1ccccc1C(=O)NCC1CCCO1)c1ccc([N+](=O)[O-])cc1. The summed E-state index contributed by atoms with van der Waals surface area (Å²) in [7, 11) is 0. The van der Waals surface area contributed by atoms with E-state index >= 15 is 0 Å². The lowest BCUT2D eigenvalue weighted by Crippen LogP contribution is -2.32. The second-order valence-electron chi connectivity index (χ2n) is 6.15. The van der Waals surface area contributed by atoms with Crippen molar-refractivity contribution in [3.05, 3.63) is 69.8 Å². The van der Waals surface area contributed by atoms with E-state index in [2.05, 4.69) is 10.6 Å². The third kappa shape index (κ3) is 4.68. The number of benzene rings is 2. The van der Waals surface area contributed by atoms with Gasteiger partial charge in [-0.25, -0.2) is 0 Å². The Morgan fingerprint density at radius 2 is 1.85 bits per heavy atom. The Kier molecular flexibility index (Phi) is 5.77. The van der Waals surface area contributed by atoms with E-state index in [9.17, 15) is 19.7 Å². The lowest BCUT2D eigenvalue weighted by Gasteiger charge is -2.13. The quantitative estimate of drug-likeness (QED) is 0.601. The van der Waals surface area contributed by atoms with Crippen LogP contribution >= 0.6 is 0 Å². The maximum atomic E-state index is 12.5. The Morgan fingerprint density at radius 3 is 2.52 bits per heavy atom. The highest BCUT2D eigenvalue weighted by Crippen LogP contribution is 2.18. The maximum absolute atomic E-state index is 12.5. The fourth-order valence-corrected chi connectivity index (χ4v) is 2.83. The largest absolute Gasteiger partial charge is 0.376 e. The first-order chi connectivity index (χ1) is 13.0. The van der Waals surface area contributed by atoms with Crippen LogP contribution in [0, 0.1) is 10.1 Å². The van der Waals surface area contributed by atoms with Gasteiger partial charge in [-0.1, -0.05) is 12.1 Å². The van der Waals surface area contributed by atoms with Gasteiger partial charge in [-0.15, -0.1) is 0 Å². The van der Waals surface area contributed by atoms with E-state index in [0.29, 0.717) is 24.4 Å². The molecule has 1 fully saturated rings. The van der Waals surface area contributed by atoms with Crippen molar-refractivity contribution >= 4 is 23.2 Å². The number of nitro groups is 1. The second kappa shape index (κ2) is 8.41. The van der Waals surface area contributed by atoms with Gasteiger partial charge in [-0.2, -0.15) is 0 Å². The van der Waals surface area contributed by atoms with Crippen molar-refractivity contribution in [3.63, 3.8) is 0 Å². The molecule has 140 valence electrons. The molecular weight excluding hydrogens is 350 g/mol. The molecule has 2 aromatic carbocycles. The highest BCUT2D eigenvalue weighted by Gasteiger charge is 2.19. The minimum Gasteiger partial charge on any atom is -0.376 e. The van der Waals surface area contributed by atoms with Crippen molar-refractivity contribution in [1.82, 2.24) is 5.32 Å². The number of non-ortho nitro benzene ring substituents is 1. The van der Waals surface area contributed by atoms with E-state index in [4.69, 9.17) is 4.74 Å². The van der Waals surface area contributed by atoms with Crippen molar-refractivity contribution < 1.29 is 19.2 Å². The molecule has 0 saturated carbocycles. The summed E-state index contributed by atoms with van der Waals surface area (Å²) in [6.45, 7) is 1.13. The van der Waals surface area contributed by atoms with Crippen molar-refractivity contribution in [2.24, 2.45) is 0 Å². The normalized spacial score (nSPS) is 15.9. The fraction of sp³-hybridized carbons (Fsp3) is 0.263. The highest BCUT2D eigenvalue weighted by atomic mass is 16.6. The van der Waals surface area contributed by atoms with Crippen molar-refractivity contribution in [2.75, 3.05) is 18.5 Å². The number of amides is 2. The molecule has 0 aromatic heterocycles. The number of nitrogens with one attached hydrogen (secondary N) is 2. The van der Waals surface area contributed by atoms with Crippen LogP contribution in [-0.4, -0.2) is 36.0 Å². The number of para-hydroxylation sites is 1. The summed E-state index contributed by atoms with van der Waals surface area (Å²) in [6.07, 6.45) is 1.93. The Hall–Kier alpha value is -3.26. The van der Waals surface area contributed by atoms with Crippen LogP contribution in [0.25, 0.3) is 0 Å². The van der Waals surface area contributed by atoms with E-state index in [1.807, 2.05) is 0 Å². The van der Waals surface area contributed by atoms with E-state index < -0.39 is 10.8 Å². The summed E-state index contributed by atoms with van der Waals surface area (Å²) in [5.74, 6) is -0.755. The number of carbonyl (C=O) groups is 2. The number of nitrogens with zero attached hydrogens (tertiary/aromatic N) is 1. The molecule has 1 atom stereocenters. The maximum Gasteiger partial charge on any atom is 0.269 e. The Bertz CT molecular complexity index is 845. The van der Waals surface area contributed by atoms with E-state index in [1.165, 1.54) is 24.3 Å². The molecule has 2 amide bonds. The van der Waals surface area contributed by atoms with Crippen LogP contribution < -0.4 is 10.6 Å². The summed E-state index contributed by atoms with van der Waals surface area (Å²) >= 11 is 0. The van der Waals surface area contributed by atoms with Crippen LogP contribution in [0.2, 0.25) is 0 Å². The van der Waals surface area contributed by atoms with E-state index in [1.54, 1.807) is 24.3 Å². The third-order valence-corrected chi connectivity index (χ3v) is 4.27. The first kappa shape index (κ1) is 18.5. The summed E-state index contributed by atoms with van der Waals surface area (Å²) in [6, 6.07) is 11.9. The summed E-state index contributed by atoms with van der Waals surface area (Å²) in [5, 5.41) is 16.2. The first-order valence-corrected chi connectivity index (χ1v) is 8.59. The molecule has 1 aliphatic heterocycles. The lowest BCUT2D eigenvalue weighted by atomic mass is 10.1. The van der Waals surface area contributed by atoms with Crippen LogP contribution in [0.4, 0.5) is 11.4 Å². The minimum absolute atomic E-state index is 0.0239. The Labute approximate surface area is 155 Å². The molecular formula is C19H19N3O5. The number of carbonyl (C=O) groups excluding carboxylic acids is 2. The number of rotatable bonds is 6. The van der Waals surface area contributed by atoms with Gasteiger partial charge in [0.25, 0.3) is 17.5 Å². The molecule has 1 aliphatic rings. The molecule has 2 N–H and O–H groups in total. The summed E-state index contributed by atoms with van der Waals surface area (Å²) < 4.78 is 5.49. The van der Waals surface area contributed by atoms with Gasteiger partial charge in [0.15, 0.2) is 0 Å². The predicted molar refractivity (Wildman–Crippen MR) is 98.8 cm³/mol. The molecule has 0 aliphatic carbocycles. The molecule has 8 heteroatoms. The lowest BCUT2D eigenvalue weighted by molar-refractivity contribution is -0.384. The number of nitro benzene ring substituents is 1. The Balaban J connectivity index is 1.68. The standard InChI is InChI=1S/C19H19N3O5/c23-18(13-7-9-14(10-8-13)22(25)26)21-17-6-2-1-5-16(17)19(24)20-12-15-4-3-11-27-15/h1-2,5-10,15H,3-4,11-12H2,(H,20,24)(H,21,23). The van der Waals surface area contributed by atoms with Crippen LogP contribution in [0.3, 0.4) is 0 Å². The van der Waals surface area contributed by atoms with E-state index in [-0.39, 0.29) is 23.3 Å². The van der Waals surface area contributed by atoms with Gasteiger partial charge >= 0.3 is 0 Å². The number of ether oxygens (including phenoxy) is 1. The van der Waals surface area contributed by atoms with Gasteiger partial charge in [0.1, 0.15) is 0 Å². The first-order valence-electron chi connectivity index (χ1n) is 8.59. The van der Waals surface area contributed by atoms with Crippen molar-refractivity contribution in [1.29, 1.82) is 0 Å². The zero-order valence-electron chi connectivity index (χ0n) is 14.5. The summed E-state index contributed by atoms with van der Waals surface area (Å²) in [4.78, 5) is 35.0. The molecule has 0 spiro atoms. The molecule has 27 heavy (non-hydrogen) atoms. The molecule has 0 radical (unpaired) electrons. The molecule has 1 unspecified atom stereocenters. The van der Waals surface area contributed by atoms with Crippen LogP contribution in [-0.2, 0) is 4.74 Å². The molecule has 8 nitrogen and oxygen atoms in total. The number of hydrogen-bond acceptors (Lipinski definition) is 5. The molecule has 1 saturated heterocycles. The van der Waals surface area contributed by atoms with Crippen LogP contribution in [0.15, 0.2) is 48.5 Å². The van der Waals surface area contributed by atoms with Gasteiger partial charge in [0.2, 0.25) is 0 Å². The third-order valence-electron chi connectivity index (χ3n) is 4.27. The second-order valence-corrected chi connectivity index (χ2v) is 6.15. The van der Waals surface area contributed by atoms with Crippen LogP contribution in [0.5, 0.6) is 0 Å². The van der Waals surface area contributed by atoms with Gasteiger partial charge in [0, 0.05) is 30.8 Å². The van der Waals surface area contributed by atoms with Gasteiger partial charge < -0.3 is 15.4 Å². The smallest absolute Gasteiger partial charge is 0.269 e. The molecule has 2 aromatic rings.